The molecule has 0 radical (unpaired) electrons. The van der Waals surface area contributed by atoms with Gasteiger partial charge in [-0.1, -0.05) is 29.0 Å². The average molecular weight is 283 g/mol. The van der Waals surface area contributed by atoms with Gasteiger partial charge in [0.1, 0.15) is 5.75 Å². The topological polar surface area (TPSA) is 81.0 Å². The first-order chi connectivity index (χ1) is 8.47. The van der Waals surface area contributed by atoms with Crippen LogP contribution in [0.5, 0.6) is 5.75 Å². The number of H-pyrrole nitrogens is 1. The van der Waals surface area contributed by atoms with Crippen molar-refractivity contribution in [3.63, 3.8) is 0 Å². The lowest BCUT2D eigenvalue weighted by molar-refractivity contribution is -0.131. The van der Waals surface area contributed by atoms with Crippen LogP contribution in [0.1, 0.15) is 12.5 Å². The molecule has 0 fully saturated rings. The van der Waals surface area contributed by atoms with Crippen LogP contribution in [-0.2, 0) is 4.79 Å². The predicted octanol–water partition coefficient (Wildman–Crippen LogP) is 2.70. The van der Waals surface area contributed by atoms with E-state index in [1.165, 1.54) is 18.3 Å². The number of carbonyl (C=O) groups is 1. The molecule has 1 aromatic carbocycles. The fraction of sp³-hybridized carbons (Fsp3) is 0.182. The van der Waals surface area contributed by atoms with Gasteiger partial charge in [-0.25, -0.2) is 0 Å². The molecule has 0 amide bonds. The molecule has 0 saturated heterocycles. The van der Waals surface area contributed by atoms with Gasteiger partial charge >= 0.3 is 5.97 Å². The summed E-state index contributed by atoms with van der Waals surface area (Å²) < 4.78 is 5.45. The molecule has 0 bridgehead atoms. The number of nitrogens with two attached hydrogens (primary N) is 1. The minimum absolute atomic E-state index is 0.283. The molecule has 2 aromatic rings. The van der Waals surface area contributed by atoms with Crippen LogP contribution in [-0.4, -0.2) is 16.2 Å². The number of carbonyl (C=O) groups excluding carboxylic acids is 1. The molecule has 0 aliphatic heterocycles. The van der Waals surface area contributed by atoms with Gasteiger partial charge in [-0.05, 0) is 31.3 Å². The standard InChI is InChI=1S/C9H10O2.C2H3N3S2/c1-7-3-5-9(6-4-7)11-8(2)10;3-1-4-5-2(6)7-1/h3-6H,1-2H3;(H2,3,4)(H,5,6). The number of esters is 1. The summed E-state index contributed by atoms with van der Waals surface area (Å²) in [4.78, 5) is 10.5. The minimum Gasteiger partial charge on any atom is -0.427 e. The molecule has 5 nitrogen and oxygen atoms in total. The van der Waals surface area contributed by atoms with Crippen molar-refractivity contribution >= 4 is 34.7 Å². The highest BCUT2D eigenvalue weighted by Gasteiger charge is 1.94. The molecule has 0 atom stereocenters. The van der Waals surface area contributed by atoms with Gasteiger partial charge < -0.3 is 10.5 Å². The quantitative estimate of drug-likeness (QED) is 0.478. The van der Waals surface area contributed by atoms with E-state index in [9.17, 15) is 4.79 Å². The first-order valence-corrected chi connectivity index (χ1v) is 6.26. The first kappa shape index (κ1) is 14.3. The van der Waals surface area contributed by atoms with Crippen LogP contribution in [0.25, 0.3) is 0 Å². The number of nitrogens with one attached hydrogen (secondary N) is 1. The fourth-order valence-corrected chi connectivity index (χ4v) is 1.69. The van der Waals surface area contributed by atoms with Gasteiger partial charge in [0.05, 0.1) is 0 Å². The van der Waals surface area contributed by atoms with E-state index >= 15 is 0 Å². The highest BCUT2D eigenvalue weighted by molar-refractivity contribution is 7.73. The van der Waals surface area contributed by atoms with E-state index < -0.39 is 0 Å². The van der Waals surface area contributed by atoms with Crippen LogP contribution in [0.15, 0.2) is 24.3 Å². The minimum atomic E-state index is -0.283. The SMILES string of the molecule is CC(=O)Oc1ccc(C)cc1.Nc1n[nH]c(=S)s1. The Kier molecular flexibility index (Phi) is 5.47. The lowest BCUT2D eigenvalue weighted by atomic mass is 10.2. The summed E-state index contributed by atoms with van der Waals surface area (Å²) in [6.07, 6.45) is 0. The monoisotopic (exact) mass is 283 g/mol. The van der Waals surface area contributed by atoms with E-state index in [-0.39, 0.29) is 5.97 Å². The highest BCUT2D eigenvalue weighted by atomic mass is 32.1. The summed E-state index contributed by atoms with van der Waals surface area (Å²) in [5.41, 5.74) is 6.34. The largest absolute Gasteiger partial charge is 0.427 e. The molecule has 0 aliphatic carbocycles. The maximum Gasteiger partial charge on any atom is 0.308 e. The lowest BCUT2D eigenvalue weighted by Crippen LogP contribution is -2.00. The third-order valence-corrected chi connectivity index (χ3v) is 2.66. The summed E-state index contributed by atoms with van der Waals surface area (Å²) in [7, 11) is 0. The molecule has 2 rings (SSSR count). The number of hydrogen-bond donors (Lipinski definition) is 2. The van der Waals surface area contributed by atoms with E-state index in [4.69, 9.17) is 10.5 Å². The van der Waals surface area contributed by atoms with Crippen molar-refractivity contribution in [1.29, 1.82) is 0 Å². The summed E-state index contributed by atoms with van der Waals surface area (Å²) in [6.45, 7) is 3.37. The summed E-state index contributed by atoms with van der Waals surface area (Å²) >= 11 is 5.92. The Morgan fingerprint density at radius 3 is 2.39 bits per heavy atom. The number of rotatable bonds is 1. The number of hydrogen-bond acceptors (Lipinski definition) is 6. The van der Waals surface area contributed by atoms with Gasteiger partial charge in [0.2, 0.25) is 5.13 Å². The van der Waals surface area contributed by atoms with Gasteiger partial charge in [-0.15, -0.1) is 5.10 Å². The molecular weight excluding hydrogens is 270 g/mol. The zero-order valence-electron chi connectivity index (χ0n) is 9.97. The first-order valence-electron chi connectivity index (χ1n) is 5.03. The molecule has 0 spiro atoms. The average Bonchev–Trinajstić information content (AvgIpc) is 2.66. The third kappa shape index (κ3) is 5.55. The van der Waals surface area contributed by atoms with Crippen molar-refractivity contribution in [2.24, 2.45) is 0 Å². The number of nitrogens with zero attached hydrogens (tertiary/aromatic N) is 1. The van der Waals surface area contributed by atoms with Gasteiger partial charge in [-0.3, -0.25) is 9.89 Å². The Bertz CT molecular complexity index is 560. The zero-order chi connectivity index (χ0) is 13.5. The Morgan fingerprint density at radius 1 is 1.44 bits per heavy atom. The normalized spacial score (nSPS) is 9.22. The molecule has 1 heterocycles. The number of aromatic amines is 1. The molecule has 7 heteroatoms. The number of nitrogen functional groups attached to an aromatic ring is 1. The molecule has 1 aromatic heterocycles. The fourth-order valence-electron chi connectivity index (χ4n) is 1.01. The third-order valence-electron chi connectivity index (χ3n) is 1.74. The van der Waals surface area contributed by atoms with Crippen LogP contribution in [0.2, 0.25) is 0 Å². The smallest absolute Gasteiger partial charge is 0.308 e. The van der Waals surface area contributed by atoms with Crippen molar-refractivity contribution in [3.05, 3.63) is 33.8 Å². The molecule has 0 unspecified atom stereocenters. The molecule has 18 heavy (non-hydrogen) atoms. The van der Waals surface area contributed by atoms with Crippen molar-refractivity contribution in [2.45, 2.75) is 13.8 Å². The van der Waals surface area contributed by atoms with Crippen molar-refractivity contribution in [2.75, 3.05) is 5.73 Å². The molecular formula is C11H13N3O2S2. The predicted molar refractivity (Wildman–Crippen MR) is 74.2 cm³/mol. The maximum atomic E-state index is 10.5. The Balaban J connectivity index is 0.000000199. The Hall–Kier alpha value is -1.73. The second-order valence-corrected chi connectivity index (χ2v) is 5.06. The van der Waals surface area contributed by atoms with E-state index in [0.717, 1.165) is 5.56 Å². The van der Waals surface area contributed by atoms with Crippen molar-refractivity contribution in [1.82, 2.24) is 10.2 Å². The van der Waals surface area contributed by atoms with E-state index in [0.29, 0.717) is 14.8 Å². The summed E-state index contributed by atoms with van der Waals surface area (Å²) in [5.74, 6) is 0.317. The van der Waals surface area contributed by atoms with Gasteiger partial charge in [0.25, 0.3) is 0 Å². The molecule has 96 valence electrons. The molecule has 3 N–H and O–H groups in total. The molecule has 0 saturated carbocycles. The van der Waals surface area contributed by atoms with Crippen LogP contribution in [0.3, 0.4) is 0 Å². The van der Waals surface area contributed by atoms with E-state index in [1.54, 1.807) is 12.1 Å². The second kappa shape index (κ2) is 6.87. The van der Waals surface area contributed by atoms with Crippen molar-refractivity contribution in [3.8, 4) is 5.75 Å². The Labute approximate surface area is 114 Å². The Morgan fingerprint density at radius 2 is 2.06 bits per heavy atom. The zero-order valence-corrected chi connectivity index (χ0v) is 11.6. The highest BCUT2D eigenvalue weighted by Crippen LogP contribution is 2.10. The van der Waals surface area contributed by atoms with Crippen LogP contribution < -0.4 is 10.5 Å². The van der Waals surface area contributed by atoms with Crippen LogP contribution in [0.4, 0.5) is 5.13 Å². The van der Waals surface area contributed by atoms with E-state index in [1.807, 2.05) is 19.1 Å². The number of aryl methyl sites for hydroxylation is 1. The van der Waals surface area contributed by atoms with Gasteiger partial charge in [0.15, 0.2) is 3.95 Å². The van der Waals surface area contributed by atoms with Gasteiger partial charge in [-0.2, -0.15) is 0 Å². The van der Waals surface area contributed by atoms with Gasteiger partial charge in [0, 0.05) is 6.92 Å². The summed E-state index contributed by atoms with van der Waals surface area (Å²) in [5, 5.41) is 6.60. The number of ether oxygens (including phenoxy) is 1. The number of benzene rings is 1. The number of aromatic nitrogens is 2. The molecule has 0 aliphatic rings. The van der Waals surface area contributed by atoms with E-state index in [2.05, 4.69) is 22.4 Å². The summed E-state index contributed by atoms with van der Waals surface area (Å²) in [6, 6.07) is 7.35. The lowest BCUT2D eigenvalue weighted by Gasteiger charge is -1.99. The van der Waals surface area contributed by atoms with Crippen LogP contribution >= 0.6 is 23.6 Å². The number of anilines is 1. The second-order valence-electron chi connectivity index (χ2n) is 3.36. The van der Waals surface area contributed by atoms with Crippen molar-refractivity contribution < 1.29 is 9.53 Å². The maximum absolute atomic E-state index is 10.5. The van der Waals surface area contributed by atoms with Crippen LogP contribution in [0, 0.1) is 10.9 Å².